The summed E-state index contributed by atoms with van der Waals surface area (Å²) in [5, 5.41) is 2.31. The summed E-state index contributed by atoms with van der Waals surface area (Å²) in [6.07, 6.45) is 7.50. The first-order valence-corrected chi connectivity index (χ1v) is 16.6. The quantitative estimate of drug-likeness (QED) is 0.199. The summed E-state index contributed by atoms with van der Waals surface area (Å²) in [5.41, 5.74) is 16.5. The molecule has 1 aliphatic rings. The Morgan fingerprint density at radius 2 is 1.07 bits per heavy atom. The molecule has 0 spiro atoms. The third-order valence-electron chi connectivity index (χ3n) is 8.99. The second-order valence-corrected chi connectivity index (χ2v) is 12.8. The van der Waals surface area contributed by atoms with Gasteiger partial charge in [-0.05, 0) is 116 Å². The van der Waals surface area contributed by atoms with Crippen LogP contribution in [0.3, 0.4) is 0 Å². The minimum absolute atomic E-state index is 0.924. The Morgan fingerprint density at radius 1 is 0.435 bits per heavy atom. The Kier molecular flexibility index (Phi) is 6.53. The predicted octanol–water partition coefficient (Wildman–Crippen LogP) is 11.5. The van der Waals surface area contributed by atoms with Gasteiger partial charge in [-0.1, -0.05) is 60.7 Å². The lowest BCUT2D eigenvalue weighted by molar-refractivity contribution is 0.669. The summed E-state index contributed by atoms with van der Waals surface area (Å²) < 4.78 is 6.22. The highest BCUT2D eigenvalue weighted by Gasteiger charge is 2.18. The summed E-state index contributed by atoms with van der Waals surface area (Å²) >= 11 is 1.98. The van der Waals surface area contributed by atoms with Crippen molar-refractivity contribution in [2.24, 2.45) is 0 Å². The number of hydrogen-bond acceptors (Lipinski definition) is 4. The topological polar surface area (TPSA) is 38.9 Å². The van der Waals surface area contributed by atoms with Crippen molar-refractivity contribution in [3.05, 3.63) is 157 Å². The van der Waals surface area contributed by atoms with Gasteiger partial charge in [0.15, 0.2) is 0 Å². The molecule has 218 valence electrons. The van der Waals surface area contributed by atoms with E-state index in [4.69, 9.17) is 4.42 Å². The molecule has 0 bridgehead atoms. The van der Waals surface area contributed by atoms with E-state index in [2.05, 4.69) is 107 Å². The maximum Gasteiger partial charge on any atom is 0.136 e. The molecule has 0 N–H and O–H groups in total. The van der Waals surface area contributed by atoms with Gasteiger partial charge in [0, 0.05) is 58.2 Å². The number of benzene rings is 5. The van der Waals surface area contributed by atoms with Crippen molar-refractivity contribution >= 4 is 33.7 Å². The van der Waals surface area contributed by atoms with Crippen molar-refractivity contribution in [2.45, 2.75) is 11.5 Å². The third kappa shape index (κ3) is 4.79. The SMILES string of the molecule is c1cncc(-c2cc(-c3cccnc3)cc(-c3ccc4c(c3)CSCc3ccc(-c5ccc6c(c5)oc5ccccc56)cc3-4)c2)c1. The van der Waals surface area contributed by atoms with Crippen LogP contribution < -0.4 is 0 Å². The molecule has 0 unspecified atom stereocenters. The molecule has 0 saturated heterocycles. The van der Waals surface area contributed by atoms with Crippen LogP contribution in [0.2, 0.25) is 0 Å². The molecule has 9 rings (SSSR count). The fourth-order valence-corrected chi connectivity index (χ4v) is 7.69. The lowest BCUT2D eigenvalue weighted by atomic mass is 9.89. The van der Waals surface area contributed by atoms with Crippen LogP contribution in [0.25, 0.3) is 77.6 Å². The monoisotopic (exact) mass is 608 g/mol. The molecule has 3 nitrogen and oxygen atoms in total. The lowest BCUT2D eigenvalue weighted by Gasteiger charge is -2.15. The molecule has 0 amide bonds. The third-order valence-corrected chi connectivity index (χ3v) is 10.0. The number of para-hydroxylation sites is 1. The van der Waals surface area contributed by atoms with E-state index < -0.39 is 0 Å². The molecule has 4 heteroatoms. The number of aromatic nitrogens is 2. The van der Waals surface area contributed by atoms with Crippen molar-refractivity contribution in [1.29, 1.82) is 0 Å². The summed E-state index contributed by atoms with van der Waals surface area (Å²) in [6, 6.07) is 43.8. The highest BCUT2D eigenvalue weighted by molar-refractivity contribution is 7.97. The number of pyridine rings is 2. The summed E-state index contributed by atoms with van der Waals surface area (Å²) in [5.74, 6) is 1.96. The molecular formula is C42H28N2OS. The summed E-state index contributed by atoms with van der Waals surface area (Å²) in [4.78, 5) is 8.78. The van der Waals surface area contributed by atoms with Gasteiger partial charge >= 0.3 is 0 Å². The Balaban J connectivity index is 1.13. The first-order chi connectivity index (χ1) is 22.8. The van der Waals surface area contributed by atoms with Crippen LogP contribution in [0.15, 0.2) is 151 Å². The maximum atomic E-state index is 6.22. The minimum atomic E-state index is 0.924. The first kappa shape index (κ1) is 26.9. The van der Waals surface area contributed by atoms with Gasteiger partial charge in [-0.15, -0.1) is 0 Å². The second kappa shape index (κ2) is 11.2. The lowest BCUT2D eigenvalue weighted by Crippen LogP contribution is -1.92. The first-order valence-electron chi connectivity index (χ1n) is 15.5. The van der Waals surface area contributed by atoms with E-state index in [9.17, 15) is 0 Å². The molecule has 0 fully saturated rings. The molecule has 46 heavy (non-hydrogen) atoms. The van der Waals surface area contributed by atoms with Crippen LogP contribution in [-0.4, -0.2) is 9.97 Å². The average molecular weight is 609 g/mol. The van der Waals surface area contributed by atoms with Gasteiger partial charge in [-0.25, -0.2) is 0 Å². The molecule has 8 aromatic rings. The van der Waals surface area contributed by atoms with Gasteiger partial charge in [0.25, 0.3) is 0 Å². The minimum Gasteiger partial charge on any atom is -0.456 e. The summed E-state index contributed by atoms with van der Waals surface area (Å²) in [6.45, 7) is 0. The van der Waals surface area contributed by atoms with E-state index >= 15 is 0 Å². The number of thioether (sulfide) groups is 1. The fraction of sp³-hybridized carbons (Fsp3) is 0.0476. The van der Waals surface area contributed by atoms with Gasteiger partial charge in [0.05, 0.1) is 0 Å². The van der Waals surface area contributed by atoms with E-state index in [0.29, 0.717) is 0 Å². The van der Waals surface area contributed by atoms with E-state index in [0.717, 1.165) is 55.7 Å². The Morgan fingerprint density at radius 3 is 1.83 bits per heavy atom. The molecule has 5 aromatic carbocycles. The number of hydrogen-bond donors (Lipinski definition) is 0. The van der Waals surface area contributed by atoms with Crippen LogP contribution in [0.5, 0.6) is 0 Å². The van der Waals surface area contributed by atoms with Crippen LogP contribution in [0, 0.1) is 0 Å². The van der Waals surface area contributed by atoms with Crippen molar-refractivity contribution in [3.8, 4) is 55.6 Å². The molecule has 0 atom stereocenters. The number of nitrogens with zero attached hydrogens (tertiary/aromatic N) is 2. The Hall–Kier alpha value is -5.45. The summed E-state index contributed by atoms with van der Waals surface area (Å²) in [7, 11) is 0. The van der Waals surface area contributed by atoms with Gasteiger partial charge in [-0.3, -0.25) is 9.97 Å². The van der Waals surface area contributed by atoms with Crippen LogP contribution in [-0.2, 0) is 11.5 Å². The smallest absolute Gasteiger partial charge is 0.136 e. The molecule has 1 aliphatic heterocycles. The van der Waals surface area contributed by atoms with E-state index in [1.165, 1.54) is 44.5 Å². The molecule has 0 radical (unpaired) electrons. The Bertz CT molecular complexity index is 2340. The van der Waals surface area contributed by atoms with Crippen molar-refractivity contribution in [2.75, 3.05) is 0 Å². The molecular weight excluding hydrogens is 581 g/mol. The largest absolute Gasteiger partial charge is 0.456 e. The molecule has 4 heterocycles. The number of fused-ring (bicyclic) bond motifs is 6. The zero-order chi connectivity index (χ0) is 30.5. The number of rotatable bonds is 4. The number of furan rings is 1. The van der Waals surface area contributed by atoms with Gasteiger partial charge in [-0.2, -0.15) is 11.8 Å². The van der Waals surface area contributed by atoms with E-state index in [1.807, 2.05) is 60.8 Å². The van der Waals surface area contributed by atoms with Crippen LogP contribution in [0.1, 0.15) is 11.1 Å². The van der Waals surface area contributed by atoms with E-state index in [-0.39, 0.29) is 0 Å². The van der Waals surface area contributed by atoms with Crippen molar-refractivity contribution < 1.29 is 4.42 Å². The van der Waals surface area contributed by atoms with Gasteiger partial charge in [0.1, 0.15) is 11.2 Å². The predicted molar refractivity (Wildman–Crippen MR) is 191 cm³/mol. The second-order valence-electron chi connectivity index (χ2n) is 11.8. The van der Waals surface area contributed by atoms with Crippen molar-refractivity contribution in [3.63, 3.8) is 0 Å². The molecule has 0 aliphatic carbocycles. The zero-order valence-electron chi connectivity index (χ0n) is 25.0. The van der Waals surface area contributed by atoms with Crippen molar-refractivity contribution in [1.82, 2.24) is 9.97 Å². The fourth-order valence-electron chi connectivity index (χ4n) is 6.66. The van der Waals surface area contributed by atoms with E-state index in [1.54, 1.807) is 0 Å². The molecule has 0 saturated carbocycles. The van der Waals surface area contributed by atoms with Crippen LogP contribution >= 0.6 is 11.8 Å². The highest BCUT2D eigenvalue weighted by atomic mass is 32.2. The average Bonchev–Trinajstić information content (AvgIpc) is 3.40. The zero-order valence-corrected chi connectivity index (χ0v) is 25.8. The van der Waals surface area contributed by atoms with Gasteiger partial charge in [0.2, 0.25) is 0 Å². The molecule has 3 aromatic heterocycles. The standard InChI is InChI=1S/C42H28N2OS/c1-2-8-41-38(7-1)39-14-12-29(22-42(39)45-41)28-9-10-32-25-46-26-36-17-27(11-13-37(36)40(32)21-28)33-18-34(30-5-3-15-43-23-30)20-35(19-33)31-6-4-16-44-24-31/h1-24H,25-26H2. The van der Waals surface area contributed by atoms with Gasteiger partial charge < -0.3 is 4.42 Å². The normalized spacial score (nSPS) is 12.5. The Labute approximate surface area is 271 Å². The highest BCUT2D eigenvalue weighted by Crippen LogP contribution is 2.42. The van der Waals surface area contributed by atoms with Crippen LogP contribution in [0.4, 0.5) is 0 Å². The maximum absolute atomic E-state index is 6.22.